The summed E-state index contributed by atoms with van der Waals surface area (Å²) in [4.78, 5) is 1.33. The van der Waals surface area contributed by atoms with Crippen LogP contribution in [0.5, 0.6) is 0 Å². The molecule has 0 heterocycles. The van der Waals surface area contributed by atoms with Gasteiger partial charge in [-0.25, -0.2) is 0 Å². The van der Waals surface area contributed by atoms with Crippen molar-refractivity contribution >= 4 is 27.7 Å². The maximum absolute atomic E-state index is 3.58. The minimum Gasteiger partial charge on any atom is -0.111 e. The first-order valence-corrected chi connectivity index (χ1v) is 5.48. The van der Waals surface area contributed by atoms with Crippen molar-refractivity contribution in [2.45, 2.75) is 22.4 Å². The second-order valence-corrected chi connectivity index (χ2v) is 5.24. The Labute approximate surface area is 80.5 Å². The van der Waals surface area contributed by atoms with Gasteiger partial charge in [-0.3, -0.25) is 0 Å². The number of rotatable bonds is 3. The highest BCUT2D eigenvalue weighted by Crippen LogP contribution is 2.28. The van der Waals surface area contributed by atoms with Gasteiger partial charge in [-0.2, -0.15) is 0 Å². The molecule has 2 heteroatoms. The van der Waals surface area contributed by atoms with E-state index in [0.29, 0.717) is 4.16 Å². The van der Waals surface area contributed by atoms with E-state index in [1.165, 1.54) is 4.90 Å². The van der Waals surface area contributed by atoms with E-state index in [1.807, 2.05) is 17.8 Å². The van der Waals surface area contributed by atoms with E-state index in [2.05, 4.69) is 47.1 Å². The Morgan fingerprint density at radius 1 is 1.36 bits per heavy atom. The zero-order valence-corrected chi connectivity index (χ0v) is 8.86. The van der Waals surface area contributed by atoms with Crippen LogP contribution in [0.4, 0.5) is 0 Å². The van der Waals surface area contributed by atoms with Crippen LogP contribution in [0, 0.1) is 0 Å². The SMILES string of the molecule is CCC(Br)Sc1ccccc1. The fraction of sp³-hybridized carbons (Fsp3) is 0.333. The van der Waals surface area contributed by atoms with Gasteiger partial charge in [-0.1, -0.05) is 41.1 Å². The predicted octanol–water partition coefficient (Wildman–Crippen LogP) is 3.91. The molecule has 0 saturated carbocycles. The Hall–Kier alpha value is 0.0500. The molecule has 0 saturated heterocycles. The van der Waals surface area contributed by atoms with Gasteiger partial charge in [0, 0.05) is 4.90 Å². The molecule has 0 aromatic heterocycles. The van der Waals surface area contributed by atoms with Crippen molar-refractivity contribution in [1.82, 2.24) is 0 Å². The minimum absolute atomic E-state index is 0.546. The van der Waals surface area contributed by atoms with Crippen LogP contribution < -0.4 is 0 Å². The molecule has 1 atom stereocenters. The molecular formula is C9H11BrS. The van der Waals surface area contributed by atoms with Crippen LogP contribution in [0.1, 0.15) is 13.3 Å². The number of hydrogen-bond donors (Lipinski definition) is 0. The number of benzene rings is 1. The van der Waals surface area contributed by atoms with Crippen LogP contribution in [-0.2, 0) is 0 Å². The maximum atomic E-state index is 3.58. The van der Waals surface area contributed by atoms with E-state index >= 15 is 0 Å². The molecule has 0 nitrogen and oxygen atoms in total. The molecule has 0 N–H and O–H groups in total. The van der Waals surface area contributed by atoms with Crippen molar-refractivity contribution in [1.29, 1.82) is 0 Å². The Morgan fingerprint density at radius 3 is 2.55 bits per heavy atom. The molecule has 0 bridgehead atoms. The summed E-state index contributed by atoms with van der Waals surface area (Å²) in [5.74, 6) is 0. The number of halogens is 1. The number of hydrogen-bond acceptors (Lipinski definition) is 1. The normalized spacial score (nSPS) is 12.9. The first kappa shape index (κ1) is 9.14. The molecule has 0 fully saturated rings. The summed E-state index contributed by atoms with van der Waals surface area (Å²) in [6.07, 6.45) is 1.15. The van der Waals surface area contributed by atoms with Crippen molar-refractivity contribution < 1.29 is 0 Å². The first-order chi connectivity index (χ1) is 5.33. The third-order valence-corrected chi connectivity index (χ3v) is 3.67. The van der Waals surface area contributed by atoms with E-state index in [-0.39, 0.29) is 0 Å². The van der Waals surface area contributed by atoms with Crippen LogP contribution in [0.25, 0.3) is 0 Å². The first-order valence-electron chi connectivity index (χ1n) is 3.68. The summed E-state index contributed by atoms with van der Waals surface area (Å²) in [6, 6.07) is 10.4. The lowest BCUT2D eigenvalue weighted by molar-refractivity contribution is 1.07. The van der Waals surface area contributed by atoms with Gasteiger partial charge in [0.15, 0.2) is 0 Å². The maximum Gasteiger partial charge on any atom is 0.0644 e. The highest BCUT2D eigenvalue weighted by atomic mass is 79.9. The Morgan fingerprint density at radius 2 is 2.00 bits per heavy atom. The summed E-state index contributed by atoms with van der Waals surface area (Å²) >= 11 is 5.44. The Balaban J connectivity index is 2.51. The van der Waals surface area contributed by atoms with Crippen LogP contribution in [0.3, 0.4) is 0 Å². The van der Waals surface area contributed by atoms with Gasteiger partial charge in [-0.05, 0) is 18.6 Å². The second kappa shape index (κ2) is 4.83. The summed E-state index contributed by atoms with van der Waals surface area (Å²) < 4.78 is 0.546. The summed E-state index contributed by atoms with van der Waals surface area (Å²) in [6.45, 7) is 2.18. The molecule has 1 rings (SSSR count). The average molecular weight is 231 g/mol. The van der Waals surface area contributed by atoms with Crippen LogP contribution in [0.2, 0.25) is 0 Å². The van der Waals surface area contributed by atoms with Gasteiger partial charge in [-0.15, -0.1) is 11.8 Å². The third kappa shape index (κ3) is 3.30. The van der Waals surface area contributed by atoms with E-state index in [0.717, 1.165) is 6.42 Å². The van der Waals surface area contributed by atoms with Gasteiger partial charge < -0.3 is 0 Å². The molecule has 60 valence electrons. The van der Waals surface area contributed by atoms with Gasteiger partial charge in [0.2, 0.25) is 0 Å². The topological polar surface area (TPSA) is 0 Å². The van der Waals surface area contributed by atoms with Crippen molar-refractivity contribution in [3.63, 3.8) is 0 Å². The van der Waals surface area contributed by atoms with Crippen LogP contribution in [-0.4, -0.2) is 4.16 Å². The smallest absolute Gasteiger partial charge is 0.0644 e. The van der Waals surface area contributed by atoms with Gasteiger partial charge >= 0.3 is 0 Å². The van der Waals surface area contributed by atoms with E-state index in [1.54, 1.807) is 0 Å². The van der Waals surface area contributed by atoms with Crippen molar-refractivity contribution in [3.8, 4) is 0 Å². The highest BCUT2D eigenvalue weighted by molar-refractivity contribution is 9.11. The molecule has 1 aromatic carbocycles. The summed E-state index contributed by atoms with van der Waals surface area (Å²) in [5.41, 5.74) is 0. The molecule has 0 aliphatic rings. The van der Waals surface area contributed by atoms with E-state index < -0.39 is 0 Å². The monoisotopic (exact) mass is 230 g/mol. The van der Waals surface area contributed by atoms with Crippen molar-refractivity contribution in [3.05, 3.63) is 30.3 Å². The fourth-order valence-corrected chi connectivity index (χ4v) is 2.15. The number of thioether (sulfide) groups is 1. The molecule has 0 amide bonds. The predicted molar refractivity (Wildman–Crippen MR) is 55.3 cm³/mol. The molecule has 11 heavy (non-hydrogen) atoms. The lowest BCUT2D eigenvalue weighted by Gasteiger charge is -2.04. The van der Waals surface area contributed by atoms with Gasteiger partial charge in [0.05, 0.1) is 4.16 Å². The zero-order valence-electron chi connectivity index (χ0n) is 6.46. The second-order valence-electron chi connectivity index (χ2n) is 2.25. The van der Waals surface area contributed by atoms with Crippen LogP contribution in [0.15, 0.2) is 35.2 Å². The minimum atomic E-state index is 0.546. The van der Waals surface area contributed by atoms with Crippen LogP contribution >= 0.6 is 27.7 Å². The Kier molecular flexibility index (Phi) is 4.02. The zero-order chi connectivity index (χ0) is 8.10. The lowest BCUT2D eigenvalue weighted by atomic mass is 10.4. The molecule has 1 aromatic rings. The lowest BCUT2D eigenvalue weighted by Crippen LogP contribution is -1.85. The van der Waals surface area contributed by atoms with Crippen molar-refractivity contribution in [2.75, 3.05) is 0 Å². The molecule has 0 spiro atoms. The average Bonchev–Trinajstić information content (AvgIpc) is 2.06. The van der Waals surface area contributed by atoms with E-state index in [4.69, 9.17) is 0 Å². The van der Waals surface area contributed by atoms with Gasteiger partial charge in [0.1, 0.15) is 0 Å². The molecule has 0 aliphatic carbocycles. The standard InChI is InChI=1S/C9H11BrS/c1-2-9(10)11-8-6-4-3-5-7-8/h3-7,9H,2H2,1H3. The molecule has 0 radical (unpaired) electrons. The quantitative estimate of drug-likeness (QED) is 0.561. The molecule has 1 unspecified atom stereocenters. The molecular weight excluding hydrogens is 220 g/mol. The summed E-state index contributed by atoms with van der Waals surface area (Å²) in [7, 11) is 0. The summed E-state index contributed by atoms with van der Waals surface area (Å²) in [5, 5.41) is 0. The molecule has 0 aliphatic heterocycles. The largest absolute Gasteiger partial charge is 0.111 e. The van der Waals surface area contributed by atoms with Gasteiger partial charge in [0.25, 0.3) is 0 Å². The highest BCUT2D eigenvalue weighted by Gasteiger charge is 2.00. The Bertz CT molecular complexity index is 198. The fourth-order valence-electron chi connectivity index (χ4n) is 0.730. The van der Waals surface area contributed by atoms with E-state index in [9.17, 15) is 0 Å². The van der Waals surface area contributed by atoms with Crippen molar-refractivity contribution in [2.24, 2.45) is 0 Å². The number of alkyl halides is 1. The third-order valence-electron chi connectivity index (χ3n) is 1.33.